The molecule has 0 bridgehead atoms. The Balaban J connectivity index is 1.57. The minimum absolute atomic E-state index is 0.0419. The first-order valence-electron chi connectivity index (χ1n) is 7.05. The van der Waals surface area contributed by atoms with Crippen LogP contribution in [0.15, 0.2) is 40.9 Å². The number of aromatic nitrogens is 2. The normalized spacial score (nSPS) is 11.0. The first-order valence-corrected chi connectivity index (χ1v) is 7.43. The standard InChI is InChI=1S/C16H16ClN3O2/c1-11-5-6-12(22-11)9-18-16(21)7-8-20-15-4-2-3-14(17)13(15)10-19-20/h2-6,10H,7-9H2,1H3,(H,18,21). The van der Waals surface area contributed by atoms with E-state index in [-0.39, 0.29) is 5.91 Å². The largest absolute Gasteiger partial charge is 0.465 e. The van der Waals surface area contributed by atoms with Gasteiger partial charge < -0.3 is 9.73 Å². The molecule has 2 aromatic heterocycles. The first kappa shape index (κ1) is 14.7. The van der Waals surface area contributed by atoms with Gasteiger partial charge in [0.25, 0.3) is 0 Å². The number of hydrogen-bond acceptors (Lipinski definition) is 3. The zero-order valence-electron chi connectivity index (χ0n) is 12.2. The Kier molecular flexibility index (Phi) is 4.15. The fourth-order valence-electron chi connectivity index (χ4n) is 2.31. The summed E-state index contributed by atoms with van der Waals surface area (Å²) in [7, 11) is 0. The van der Waals surface area contributed by atoms with Crippen molar-refractivity contribution in [3.63, 3.8) is 0 Å². The van der Waals surface area contributed by atoms with Crippen LogP contribution in [0.1, 0.15) is 17.9 Å². The molecule has 0 fully saturated rings. The number of furan rings is 1. The maximum atomic E-state index is 11.9. The molecule has 2 heterocycles. The highest BCUT2D eigenvalue weighted by atomic mass is 35.5. The second kappa shape index (κ2) is 6.23. The molecule has 1 N–H and O–H groups in total. The van der Waals surface area contributed by atoms with Crippen LogP contribution >= 0.6 is 11.6 Å². The van der Waals surface area contributed by atoms with Gasteiger partial charge in [0.1, 0.15) is 11.5 Å². The molecule has 0 atom stereocenters. The van der Waals surface area contributed by atoms with Crippen LogP contribution < -0.4 is 5.32 Å². The molecule has 3 aromatic rings. The van der Waals surface area contributed by atoms with Crippen molar-refractivity contribution in [1.29, 1.82) is 0 Å². The van der Waals surface area contributed by atoms with Gasteiger partial charge in [-0.3, -0.25) is 9.48 Å². The van der Waals surface area contributed by atoms with Gasteiger partial charge in [-0.1, -0.05) is 17.7 Å². The Labute approximate surface area is 132 Å². The average molecular weight is 318 g/mol. The molecule has 0 radical (unpaired) electrons. The van der Waals surface area contributed by atoms with Crippen LogP contribution in [0.2, 0.25) is 5.02 Å². The third kappa shape index (κ3) is 3.14. The van der Waals surface area contributed by atoms with Crippen molar-refractivity contribution in [2.75, 3.05) is 0 Å². The lowest BCUT2D eigenvalue weighted by Crippen LogP contribution is -2.23. The Morgan fingerprint density at radius 3 is 3.00 bits per heavy atom. The highest BCUT2D eigenvalue weighted by Gasteiger charge is 2.08. The third-order valence-electron chi connectivity index (χ3n) is 3.44. The summed E-state index contributed by atoms with van der Waals surface area (Å²) < 4.78 is 7.20. The molecule has 0 aliphatic rings. The Bertz CT molecular complexity index is 807. The number of nitrogens with one attached hydrogen (secondary N) is 1. The summed E-state index contributed by atoms with van der Waals surface area (Å²) in [6.07, 6.45) is 2.07. The molecule has 0 saturated heterocycles. The smallest absolute Gasteiger partial charge is 0.222 e. The summed E-state index contributed by atoms with van der Waals surface area (Å²) in [6.45, 7) is 2.78. The van der Waals surface area contributed by atoms with Gasteiger partial charge in [0.05, 0.1) is 29.8 Å². The van der Waals surface area contributed by atoms with E-state index < -0.39 is 0 Å². The molecule has 0 aliphatic carbocycles. The summed E-state index contributed by atoms with van der Waals surface area (Å²) in [5.74, 6) is 1.55. The molecule has 22 heavy (non-hydrogen) atoms. The van der Waals surface area contributed by atoms with E-state index in [1.54, 1.807) is 10.9 Å². The summed E-state index contributed by atoms with van der Waals surface area (Å²) in [5.41, 5.74) is 0.932. The lowest BCUT2D eigenvalue weighted by molar-refractivity contribution is -0.121. The summed E-state index contributed by atoms with van der Waals surface area (Å²) in [4.78, 5) is 11.9. The van der Waals surface area contributed by atoms with Crippen molar-refractivity contribution in [1.82, 2.24) is 15.1 Å². The van der Waals surface area contributed by atoms with Crippen molar-refractivity contribution in [2.45, 2.75) is 26.4 Å². The molecular weight excluding hydrogens is 302 g/mol. The fourth-order valence-corrected chi connectivity index (χ4v) is 2.53. The Hall–Kier alpha value is -2.27. The molecule has 3 rings (SSSR count). The number of carbonyl (C=O) groups is 1. The van der Waals surface area contributed by atoms with Gasteiger partial charge in [-0.25, -0.2) is 0 Å². The second-order valence-electron chi connectivity index (χ2n) is 5.08. The van der Waals surface area contributed by atoms with Crippen molar-refractivity contribution in [3.8, 4) is 0 Å². The highest BCUT2D eigenvalue weighted by Crippen LogP contribution is 2.22. The molecule has 0 unspecified atom stereocenters. The molecule has 1 aromatic carbocycles. The van der Waals surface area contributed by atoms with E-state index in [0.29, 0.717) is 24.5 Å². The van der Waals surface area contributed by atoms with Crippen LogP contribution in [-0.2, 0) is 17.9 Å². The quantitative estimate of drug-likeness (QED) is 0.785. The van der Waals surface area contributed by atoms with Crippen LogP contribution in [0.5, 0.6) is 0 Å². The summed E-state index contributed by atoms with van der Waals surface area (Å²) >= 11 is 6.11. The molecule has 114 valence electrons. The number of carbonyl (C=O) groups excluding carboxylic acids is 1. The molecule has 5 nitrogen and oxygen atoms in total. The van der Waals surface area contributed by atoms with E-state index in [1.165, 1.54) is 0 Å². The lowest BCUT2D eigenvalue weighted by Gasteiger charge is -2.05. The second-order valence-corrected chi connectivity index (χ2v) is 5.49. The molecule has 6 heteroatoms. The van der Waals surface area contributed by atoms with Crippen LogP contribution in [0, 0.1) is 6.92 Å². The Morgan fingerprint density at radius 1 is 1.36 bits per heavy atom. The van der Waals surface area contributed by atoms with Crippen LogP contribution in [0.4, 0.5) is 0 Å². The topological polar surface area (TPSA) is 60.1 Å². The van der Waals surface area contributed by atoms with Crippen molar-refractivity contribution < 1.29 is 9.21 Å². The molecule has 0 aliphatic heterocycles. The lowest BCUT2D eigenvalue weighted by atomic mass is 10.2. The third-order valence-corrected chi connectivity index (χ3v) is 3.77. The van der Waals surface area contributed by atoms with Gasteiger partial charge in [-0.2, -0.15) is 5.10 Å². The van der Waals surface area contributed by atoms with Crippen LogP contribution in [0.3, 0.4) is 0 Å². The summed E-state index contributed by atoms with van der Waals surface area (Å²) in [5, 5.41) is 8.68. The zero-order valence-corrected chi connectivity index (χ0v) is 12.9. The number of fused-ring (bicyclic) bond motifs is 1. The maximum absolute atomic E-state index is 11.9. The number of amides is 1. The minimum Gasteiger partial charge on any atom is -0.465 e. The van der Waals surface area contributed by atoms with Crippen LogP contribution in [0.25, 0.3) is 10.9 Å². The molecule has 0 spiro atoms. The van der Waals surface area contributed by atoms with E-state index in [0.717, 1.165) is 22.4 Å². The van der Waals surface area contributed by atoms with Gasteiger partial charge in [-0.15, -0.1) is 0 Å². The maximum Gasteiger partial charge on any atom is 0.222 e. The predicted molar refractivity (Wildman–Crippen MR) is 84.7 cm³/mol. The number of hydrogen-bond donors (Lipinski definition) is 1. The van der Waals surface area contributed by atoms with Crippen molar-refractivity contribution >= 4 is 28.4 Å². The highest BCUT2D eigenvalue weighted by molar-refractivity contribution is 6.35. The van der Waals surface area contributed by atoms with Gasteiger partial charge in [0.15, 0.2) is 0 Å². The minimum atomic E-state index is -0.0419. The van der Waals surface area contributed by atoms with E-state index in [2.05, 4.69) is 10.4 Å². The van der Waals surface area contributed by atoms with E-state index in [1.807, 2.05) is 37.3 Å². The SMILES string of the molecule is Cc1ccc(CNC(=O)CCn2ncc3c(Cl)cccc32)o1. The predicted octanol–water partition coefficient (Wildman–Crippen LogP) is 3.30. The van der Waals surface area contributed by atoms with Gasteiger partial charge in [-0.05, 0) is 31.2 Å². The van der Waals surface area contributed by atoms with Gasteiger partial charge in [0.2, 0.25) is 5.91 Å². The monoisotopic (exact) mass is 317 g/mol. The first-order chi connectivity index (χ1) is 10.6. The number of nitrogens with zero attached hydrogens (tertiary/aromatic N) is 2. The zero-order chi connectivity index (χ0) is 15.5. The average Bonchev–Trinajstić information content (AvgIpc) is 3.10. The van der Waals surface area contributed by atoms with Gasteiger partial charge >= 0.3 is 0 Å². The number of benzene rings is 1. The number of rotatable bonds is 5. The Morgan fingerprint density at radius 2 is 2.23 bits per heavy atom. The van der Waals surface area contributed by atoms with E-state index in [9.17, 15) is 4.79 Å². The van der Waals surface area contributed by atoms with Crippen LogP contribution in [-0.4, -0.2) is 15.7 Å². The molecule has 0 saturated carbocycles. The van der Waals surface area contributed by atoms with Crippen molar-refractivity contribution in [2.24, 2.45) is 0 Å². The summed E-state index contributed by atoms with van der Waals surface area (Å²) in [6, 6.07) is 9.38. The number of halogens is 1. The number of aryl methyl sites for hydroxylation is 2. The van der Waals surface area contributed by atoms with Gasteiger partial charge in [0, 0.05) is 11.8 Å². The van der Waals surface area contributed by atoms with Crippen molar-refractivity contribution in [3.05, 3.63) is 53.1 Å². The molecular formula is C16H16ClN3O2. The fraction of sp³-hybridized carbons (Fsp3) is 0.250. The van der Waals surface area contributed by atoms with E-state index >= 15 is 0 Å². The van der Waals surface area contributed by atoms with E-state index in [4.69, 9.17) is 16.0 Å². The molecule has 1 amide bonds.